The van der Waals surface area contributed by atoms with Crippen LogP contribution >= 0.6 is 0 Å². The summed E-state index contributed by atoms with van der Waals surface area (Å²) in [6.07, 6.45) is 3.37. The first-order valence-corrected chi connectivity index (χ1v) is 10.8. The van der Waals surface area contributed by atoms with E-state index in [0.29, 0.717) is 29.3 Å². The van der Waals surface area contributed by atoms with Crippen LogP contribution in [0.4, 0.5) is 10.1 Å². The zero-order chi connectivity index (χ0) is 23.8. The average Bonchev–Trinajstić information content (AvgIpc) is 3.68. The molecule has 10 nitrogen and oxygen atoms in total. The van der Waals surface area contributed by atoms with Gasteiger partial charge in [-0.2, -0.15) is 5.10 Å². The third-order valence-corrected chi connectivity index (χ3v) is 5.74. The van der Waals surface area contributed by atoms with Crippen molar-refractivity contribution in [2.24, 2.45) is 5.10 Å². The van der Waals surface area contributed by atoms with Crippen molar-refractivity contribution >= 4 is 28.3 Å². The quantitative estimate of drug-likeness (QED) is 0.399. The summed E-state index contributed by atoms with van der Waals surface area (Å²) in [5, 5.41) is 20.7. The highest BCUT2D eigenvalue weighted by atomic mass is 19.1. The predicted octanol–water partition coefficient (Wildman–Crippen LogP) is 3.93. The number of tetrazole rings is 1. The predicted molar refractivity (Wildman–Crippen MR) is 123 cm³/mol. The number of nitrogens with one attached hydrogen (secondary N) is 1. The van der Waals surface area contributed by atoms with Gasteiger partial charge in [-0.15, -0.1) is 5.10 Å². The molecule has 3 aromatic heterocycles. The Morgan fingerprint density at radius 3 is 2.86 bits per heavy atom. The molecule has 0 saturated carbocycles. The number of furan rings is 2. The first-order valence-electron chi connectivity index (χ1n) is 10.8. The summed E-state index contributed by atoms with van der Waals surface area (Å²) in [7, 11) is 0. The van der Waals surface area contributed by atoms with Crippen LogP contribution < -0.4 is 5.32 Å². The maximum Gasteiger partial charge on any atom is 0.262 e. The Labute approximate surface area is 197 Å². The molecule has 2 aromatic carbocycles. The highest BCUT2D eigenvalue weighted by molar-refractivity contribution is 6.03. The number of carbonyl (C=O) groups excluding carboxylic acids is 1. The highest BCUT2D eigenvalue weighted by Crippen LogP contribution is 2.34. The molecular weight excluding hydrogens is 453 g/mol. The minimum Gasteiger partial charge on any atom is -0.467 e. The van der Waals surface area contributed by atoms with E-state index in [1.807, 2.05) is 30.3 Å². The Kier molecular flexibility index (Phi) is 5.06. The second-order valence-corrected chi connectivity index (χ2v) is 7.94. The Hall–Kier alpha value is -4.80. The van der Waals surface area contributed by atoms with Gasteiger partial charge >= 0.3 is 0 Å². The zero-order valence-electron chi connectivity index (χ0n) is 18.2. The minimum absolute atomic E-state index is 0.140. The highest BCUT2D eigenvalue weighted by Gasteiger charge is 2.36. The maximum absolute atomic E-state index is 14.4. The molecule has 35 heavy (non-hydrogen) atoms. The molecule has 1 aliphatic rings. The van der Waals surface area contributed by atoms with E-state index >= 15 is 0 Å². The normalized spacial score (nSPS) is 15.5. The second kappa shape index (κ2) is 8.52. The van der Waals surface area contributed by atoms with E-state index in [1.54, 1.807) is 18.4 Å². The number of anilines is 1. The summed E-state index contributed by atoms with van der Waals surface area (Å²) in [4.78, 5) is 13.2. The lowest BCUT2D eigenvalue weighted by molar-refractivity contribution is -0.131. The van der Waals surface area contributed by atoms with Gasteiger partial charge in [0.25, 0.3) is 5.91 Å². The Bertz CT molecular complexity index is 1490. The van der Waals surface area contributed by atoms with E-state index in [4.69, 9.17) is 8.83 Å². The molecule has 1 amide bonds. The third-order valence-electron chi connectivity index (χ3n) is 5.74. The average molecular weight is 471 g/mol. The molecule has 1 aliphatic heterocycles. The molecule has 6 rings (SSSR count). The summed E-state index contributed by atoms with van der Waals surface area (Å²) >= 11 is 0. The van der Waals surface area contributed by atoms with Crippen LogP contribution in [0.2, 0.25) is 0 Å². The molecule has 174 valence electrons. The molecule has 1 atom stereocenters. The molecule has 1 N–H and O–H groups in total. The number of hydrogen-bond donors (Lipinski definition) is 1. The second-order valence-electron chi connectivity index (χ2n) is 7.94. The fraction of sp³-hybridized carbons (Fsp3) is 0.125. The monoisotopic (exact) mass is 471 g/mol. The van der Waals surface area contributed by atoms with Crippen molar-refractivity contribution in [1.29, 1.82) is 0 Å². The van der Waals surface area contributed by atoms with Crippen LogP contribution in [0.25, 0.3) is 16.7 Å². The number of hydrazone groups is 1. The van der Waals surface area contributed by atoms with Gasteiger partial charge in [-0.3, -0.25) is 4.79 Å². The molecule has 0 aliphatic carbocycles. The molecule has 5 aromatic rings. The summed E-state index contributed by atoms with van der Waals surface area (Å²) in [5.41, 5.74) is 2.06. The summed E-state index contributed by atoms with van der Waals surface area (Å²) in [5.74, 6) is 0.320. The van der Waals surface area contributed by atoms with E-state index in [-0.39, 0.29) is 18.1 Å². The number of halogens is 1. The largest absolute Gasteiger partial charge is 0.467 e. The number of benzene rings is 2. The van der Waals surface area contributed by atoms with Gasteiger partial charge in [0, 0.05) is 11.8 Å². The maximum atomic E-state index is 14.4. The lowest BCUT2D eigenvalue weighted by Crippen LogP contribution is -2.32. The molecule has 0 radical (unpaired) electrons. The fourth-order valence-corrected chi connectivity index (χ4v) is 4.04. The van der Waals surface area contributed by atoms with Crippen molar-refractivity contribution < 1.29 is 18.0 Å². The van der Waals surface area contributed by atoms with Crippen molar-refractivity contribution in [2.45, 2.75) is 12.5 Å². The van der Waals surface area contributed by atoms with Crippen molar-refractivity contribution in [3.05, 3.63) is 90.6 Å². The molecule has 11 heteroatoms. The van der Waals surface area contributed by atoms with Crippen molar-refractivity contribution in [3.63, 3.8) is 0 Å². The standard InChI is InChI=1S/C24H18FN7O3/c25-17-8-7-16(31-14-27-29-30-31)11-18(17)26-13-24(33)32-20(22-6-3-9-34-22)12-19(28-32)23-10-15-4-1-2-5-21(15)35-23/h1-11,14,20,26H,12-13H2. The van der Waals surface area contributed by atoms with Crippen LogP contribution in [-0.4, -0.2) is 43.4 Å². The van der Waals surface area contributed by atoms with Gasteiger partial charge in [0.2, 0.25) is 0 Å². The van der Waals surface area contributed by atoms with E-state index in [9.17, 15) is 9.18 Å². The lowest BCUT2D eigenvalue weighted by atomic mass is 10.1. The van der Waals surface area contributed by atoms with Gasteiger partial charge in [-0.05, 0) is 52.9 Å². The van der Waals surface area contributed by atoms with Crippen LogP contribution in [0.1, 0.15) is 24.0 Å². The van der Waals surface area contributed by atoms with Crippen molar-refractivity contribution in [2.75, 3.05) is 11.9 Å². The first kappa shape index (κ1) is 20.8. The van der Waals surface area contributed by atoms with Crippen LogP contribution in [0.5, 0.6) is 0 Å². The smallest absolute Gasteiger partial charge is 0.262 e. The topological polar surface area (TPSA) is 115 Å². The van der Waals surface area contributed by atoms with Crippen LogP contribution in [0.3, 0.4) is 0 Å². The van der Waals surface area contributed by atoms with Crippen molar-refractivity contribution in [1.82, 2.24) is 25.2 Å². The zero-order valence-corrected chi connectivity index (χ0v) is 18.2. The molecule has 4 heterocycles. The van der Waals surface area contributed by atoms with E-state index in [0.717, 1.165) is 11.0 Å². The van der Waals surface area contributed by atoms with E-state index in [1.165, 1.54) is 34.2 Å². The summed E-state index contributed by atoms with van der Waals surface area (Å²) < 4.78 is 27.3. The number of carbonyl (C=O) groups is 1. The Morgan fingerprint density at radius 1 is 1.14 bits per heavy atom. The number of rotatable bonds is 6. The molecule has 0 spiro atoms. The van der Waals surface area contributed by atoms with Gasteiger partial charge in [-0.25, -0.2) is 14.1 Å². The number of para-hydroxylation sites is 1. The van der Waals surface area contributed by atoms with Gasteiger partial charge in [0.1, 0.15) is 35.2 Å². The van der Waals surface area contributed by atoms with Gasteiger partial charge in [-0.1, -0.05) is 18.2 Å². The number of fused-ring (bicyclic) bond motifs is 1. The number of nitrogens with zero attached hydrogens (tertiary/aromatic N) is 6. The molecule has 1 unspecified atom stereocenters. The van der Waals surface area contributed by atoms with Crippen molar-refractivity contribution in [3.8, 4) is 5.69 Å². The Morgan fingerprint density at radius 2 is 2.06 bits per heavy atom. The lowest BCUT2D eigenvalue weighted by Gasteiger charge is -2.20. The molecule has 0 saturated heterocycles. The van der Waals surface area contributed by atoms with E-state index in [2.05, 4.69) is 25.9 Å². The number of aromatic nitrogens is 4. The van der Waals surface area contributed by atoms with E-state index < -0.39 is 11.9 Å². The third kappa shape index (κ3) is 3.92. The summed E-state index contributed by atoms with van der Waals surface area (Å²) in [6, 6.07) is 17.0. The minimum atomic E-state index is -0.509. The van der Waals surface area contributed by atoms with Gasteiger partial charge in [0.15, 0.2) is 5.76 Å². The van der Waals surface area contributed by atoms with Gasteiger partial charge < -0.3 is 14.2 Å². The van der Waals surface area contributed by atoms with Gasteiger partial charge in [0.05, 0.1) is 24.2 Å². The molecule has 0 fully saturated rings. The number of amides is 1. The number of hydrogen-bond acceptors (Lipinski definition) is 8. The first-order chi connectivity index (χ1) is 17.2. The molecule has 0 bridgehead atoms. The Balaban J connectivity index is 1.25. The molecular formula is C24H18FN7O3. The van der Waals surface area contributed by atoms with Crippen LogP contribution in [-0.2, 0) is 4.79 Å². The summed E-state index contributed by atoms with van der Waals surface area (Å²) in [6.45, 7) is -0.190. The van der Waals surface area contributed by atoms with Crippen LogP contribution in [0.15, 0.2) is 87.2 Å². The fourth-order valence-electron chi connectivity index (χ4n) is 4.04. The van der Waals surface area contributed by atoms with Crippen LogP contribution in [0, 0.1) is 5.82 Å². The SMILES string of the molecule is O=C(CNc1cc(-n2cnnn2)ccc1F)N1N=C(c2cc3ccccc3o2)CC1c1ccco1.